The van der Waals surface area contributed by atoms with Crippen molar-refractivity contribution in [3.63, 3.8) is 0 Å². The van der Waals surface area contributed by atoms with Crippen LogP contribution in [-0.2, 0) is 0 Å². The van der Waals surface area contributed by atoms with Crippen LogP contribution in [0.3, 0.4) is 0 Å². The average molecular weight is 366 g/mol. The molecule has 0 atom stereocenters. The number of benzene rings is 2. The summed E-state index contributed by atoms with van der Waals surface area (Å²) in [7, 11) is 0. The van der Waals surface area contributed by atoms with Gasteiger partial charge in [-0.05, 0) is 18.2 Å². The zero-order valence-electron chi connectivity index (χ0n) is 10.2. The normalized spacial score (nSPS) is 10.8. The molecular weight excluding hydrogens is 358 g/mol. The monoisotopic (exact) mass is 365 g/mol. The van der Waals surface area contributed by atoms with E-state index in [0.29, 0.717) is 4.47 Å². The van der Waals surface area contributed by atoms with Gasteiger partial charge >= 0.3 is 6.61 Å². The Bertz CT molecular complexity index is 667. The second-order valence-corrected chi connectivity index (χ2v) is 4.79. The van der Waals surface area contributed by atoms with Crippen molar-refractivity contribution in [1.82, 2.24) is 0 Å². The molecule has 0 amide bonds. The lowest BCUT2D eigenvalue weighted by molar-refractivity contribution is -0.0522. The molecule has 2 aromatic rings. The molecule has 0 aliphatic rings. The minimum absolute atomic E-state index is 0.184. The van der Waals surface area contributed by atoms with Gasteiger partial charge in [0.15, 0.2) is 28.9 Å². The topological polar surface area (TPSA) is 44.5 Å². The molecule has 0 saturated heterocycles. The zero-order valence-corrected chi connectivity index (χ0v) is 11.8. The van der Waals surface area contributed by atoms with E-state index in [-0.39, 0.29) is 17.2 Å². The summed E-state index contributed by atoms with van der Waals surface area (Å²) in [4.78, 5) is 0. The molecule has 21 heavy (non-hydrogen) atoms. The molecule has 2 aromatic carbocycles. The van der Waals surface area contributed by atoms with Crippen LogP contribution >= 0.6 is 15.9 Å². The van der Waals surface area contributed by atoms with Gasteiger partial charge in [-0.2, -0.15) is 8.78 Å². The number of nitrogen functional groups attached to an aromatic ring is 1. The Morgan fingerprint density at radius 3 is 2.24 bits per heavy atom. The van der Waals surface area contributed by atoms with Crippen molar-refractivity contribution < 1.29 is 27.0 Å². The number of nitrogens with two attached hydrogens (primary N) is 1. The van der Waals surface area contributed by atoms with Gasteiger partial charge in [-0.1, -0.05) is 15.9 Å². The molecule has 0 radical (unpaired) electrons. The SMILES string of the molecule is Nc1cc(F)c(OC(F)F)cc1Oc1ccc(Br)cc1F. The van der Waals surface area contributed by atoms with Crippen LogP contribution in [0.5, 0.6) is 17.2 Å². The molecule has 2 N–H and O–H groups in total. The van der Waals surface area contributed by atoms with Gasteiger partial charge in [0, 0.05) is 16.6 Å². The third-order valence-electron chi connectivity index (χ3n) is 2.39. The summed E-state index contributed by atoms with van der Waals surface area (Å²) >= 11 is 3.07. The van der Waals surface area contributed by atoms with Crippen LogP contribution in [0.4, 0.5) is 23.2 Å². The van der Waals surface area contributed by atoms with Gasteiger partial charge in [-0.3, -0.25) is 0 Å². The quantitative estimate of drug-likeness (QED) is 0.630. The number of halogens is 5. The van der Waals surface area contributed by atoms with Crippen molar-refractivity contribution in [2.24, 2.45) is 0 Å². The first-order valence-electron chi connectivity index (χ1n) is 5.53. The molecule has 0 aliphatic carbocycles. The fourth-order valence-electron chi connectivity index (χ4n) is 1.50. The van der Waals surface area contributed by atoms with Crippen LogP contribution in [0.2, 0.25) is 0 Å². The van der Waals surface area contributed by atoms with Gasteiger partial charge in [0.05, 0.1) is 5.69 Å². The molecule has 2 rings (SSSR count). The lowest BCUT2D eigenvalue weighted by atomic mass is 10.2. The van der Waals surface area contributed by atoms with E-state index in [0.717, 1.165) is 18.2 Å². The maximum Gasteiger partial charge on any atom is 0.387 e. The van der Waals surface area contributed by atoms with Gasteiger partial charge in [-0.15, -0.1) is 0 Å². The van der Waals surface area contributed by atoms with Gasteiger partial charge < -0.3 is 15.2 Å². The Hall–Kier alpha value is -1.96. The number of hydrogen-bond acceptors (Lipinski definition) is 3. The summed E-state index contributed by atoms with van der Waals surface area (Å²) in [6.07, 6.45) is 0. The highest BCUT2D eigenvalue weighted by molar-refractivity contribution is 9.10. The zero-order chi connectivity index (χ0) is 15.6. The van der Waals surface area contributed by atoms with Crippen molar-refractivity contribution in [3.8, 4) is 17.2 Å². The third-order valence-corrected chi connectivity index (χ3v) is 2.89. The molecule has 112 valence electrons. The Morgan fingerprint density at radius 2 is 1.62 bits per heavy atom. The van der Waals surface area contributed by atoms with E-state index in [2.05, 4.69) is 20.7 Å². The molecule has 0 fully saturated rings. The molecule has 0 aromatic heterocycles. The van der Waals surface area contributed by atoms with Crippen molar-refractivity contribution in [3.05, 3.63) is 46.4 Å². The Balaban J connectivity index is 2.34. The Labute approximate surface area is 125 Å². The summed E-state index contributed by atoms with van der Waals surface area (Å²) in [6, 6.07) is 5.54. The summed E-state index contributed by atoms with van der Waals surface area (Å²) in [6.45, 7) is -3.21. The Kier molecular flexibility index (Phi) is 4.56. The number of ether oxygens (including phenoxy) is 2. The van der Waals surface area contributed by atoms with Gasteiger partial charge in [0.1, 0.15) is 0 Å². The lowest BCUT2D eigenvalue weighted by Gasteiger charge is -2.12. The molecule has 0 aliphatic heterocycles. The first-order valence-corrected chi connectivity index (χ1v) is 6.33. The van der Waals surface area contributed by atoms with Crippen molar-refractivity contribution >= 4 is 21.6 Å². The fourth-order valence-corrected chi connectivity index (χ4v) is 1.83. The first kappa shape index (κ1) is 15.4. The van der Waals surface area contributed by atoms with Crippen molar-refractivity contribution in [2.45, 2.75) is 6.61 Å². The van der Waals surface area contributed by atoms with E-state index < -0.39 is 24.0 Å². The maximum absolute atomic E-state index is 13.6. The van der Waals surface area contributed by atoms with E-state index in [1.807, 2.05) is 0 Å². The molecule has 0 bridgehead atoms. The predicted octanol–water partition coefficient (Wildman–Crippen LogP) is 4.70. The number of rotatable bonds is 4. The molecule has 0 heterocycles. The minimum atomic E-state index is -3.21. The molecular formula is C13H8BrF4NO2. The van der Waals surface area contributed by atoms with Crippen LogP contribution < -0.4 is 15.2 Å². The highest BCUT2D eigenvalue weighted by Crippen LogP contribution is 2.35. The van der Waals surface area contributed by atoms with Crippen molar-refractivity contribution in [2.75, 3.05) is 5.73 Å². The average Bonchev–Trinajstić information content (AvgIpc) is 2.37. The van der Waals surface area contributed by atoms with Gasteiger partial charge in [0.2, 0.25) is 0 Å². The van der Waals surface area contributed by atoms with Crippen LogP contribution in [0, 0.1) is 11.6 Å². The summed E-state index contributed by atoms with van der Waals surface area (Å²) in [5.74, 6) is -2.92. The van der Waals surface area contributed by atoms with Crippen LogP contribution in [0.25, 0.3) is 0 Å². The lowest BCUT2D eigenvalue weighted by Crippen LogP contribution is -2.05. The second kappa shape index (κ2) is 6.21. The molecule has 8 heteroatoms. The predicted molar refractivity (Wildman–Crippen MR) is 71.6 cm³/mol. The number of hydrogen-bond donors (Lipinski definition) is 1. The summed E-state index contributed by atoms with van der Waals surface area (Å²) < 4.78 is 60.9. The first-order chi connectivity index (χ1) is 9.86. The highest BCUT2D eigenvalue weighted by Gasteiger charge is 2.15. The largest absolute Gasteiger partial charge is 0.452 e. The number of alkyl halides is 2. The molecule has 3 nitrogen and oxygen atoms in total. The minimum Gasteiger partial charge on any atom is -0.452 e. The van der Waals surface area contributed by atoms with E-state index in [1.165, 1.54) is 12.1 Å². The van der Waals surface area contributed by atoms with E-state index >= 15 is 0 Å². The van der Waals surface area contributed by atoms with Crippen molar-refractivity contribution in [1.29, 1.82) is 0 Å². The maximum atomic E-state index is 13.6. The van der Waals surface area contributed by atoms with Gasteiger partial charge in [-0.25, -0.2) is 8.78 Å². The Morgan fingerprint density at radius 1 is 0.952 bits per heavy atom. The van der Waals surface area contributed by atoms with E-state index in [4.69, 9.17) is 10.5 Å². The molecule has 0 unspecified atom stereocenters. The number of anilines is 1. The third kappa shape index (κ3) is 3.78. The van der Waals surface area contributed by atoms with Crippen LogP contribution in [-0.4, -0.2) is 6.61 Å². The van der Waals surface area contributed by atoms with E-state index in [1.54, 1.807) is 0 Å². The van der Waals surface area contributed by atoms with Gasteiger partial charge in [0.25, 0.3) is 0 Å². The highest BCUT2D eigenvalue weighted by atomic mass is 79.9. The smallest absolute Gasteiger partial charge is 0.387 e. The standard InChI is InChI=1S/C13H8BrF4NO2/c14-6-1-2-10(7(15)3-6)20-12-5-11(21-13(17)18)8(16)4-9(12)19/h1-5,13H,19H2. The fraction of sp³-hybridized carbons (Fsp3) is 0.0769. The summed E-state index contributed by atoms with van der Waals surface area (Å²) in [5, 5.41) is 0. The second-order valence-electron chi connectivity index (χ2n) is 3.88. The van der Waals surface area contributed by atoms with Crippen LogP contribution in [0.15, 0.2) is 34.8 Å². The molecule has 0 spiro atoms. The van der Waals surface area contributed by atoms with E-state index in [9.17, 15) is 17.6 Å². The van der Waals surface area contributed by atoms with Crippen LogP contribution in [0.1, 0.15) is 0 Å². The molecule has 0 saturated carbocycles. The summed E-state index contributed by atoms with van der Waals surface area (Å²) in [5.41, 5.74) is 5.33.